The molecule has 0 saturated carbocycles. The second kappa shape index (κ2) is 8.96. The van der Waals surface area contributed by atoms with Crippen LogP contribution in [0.3, 0.4) is 0 Å². The maximum absolute atomic E-state index is 12.6. The Hall–Kier alpha value is -3.73. The number of thiophene rings is 1. The number of benzene rings is 1. The Balaban J connectivity index is 1.79. The molecule has 31 heavy (non-hydrogen) atoms. The van der Waals surface area contributed by atoms with Gasteiger partial charge in [0, 0.05) is 0 Å². The summed E-state index contributed by atoms with van der Waals surface area (Å²) in [7, 11) is 2.36. The van der Waals surface area contributed by atoms with Crippen LogP contribution < -0.4 is 10.6 Å². The van der Waals surface area contributed by atoms with Gasteiger partial charge in [-0.1, -0.05) is 30.3 Å². The predicted octanol–water partition coefficient (Wildman–Crippen LogP) is 1.86. The molecule has 0 radical (unpaired) electrons. The molecule has 1 aromatic heterocycles. The highest BCUT2D eigenvalue weighted by Gasteiger charge is 2.40. The number of esters is 2. The molecule has 1 unspecified atom stereocenters. The molecule has 2 aromatic rings. The monoisotopic (exact) mass is 445 g/mol. The zero-order valence-corrected chi connectivity index (χ0v) is 17.7. The molecule has 162 valence electrons. The average molecular weight is 445 g/mol. The number of amides is 4. The van der Waals surface area contributed by atoms with Gasteiger partial charge in [0.1, 0.15) is 22.5 Å². The highest BCUT2D eigenvalue weighted by atomic mass is 32.1. The van der Waals surface area contributed by atoms with Gasteiger partial charge in [-0.25, -0.2) is 14.4 Å². The summed E-state index contributed by atoms with van der Waals surface area (Å²) in [6.07, 6.45) is 0. The summed E-state index contributed by atoms with van der Waals surface area (Å²) in [6.45, 7) is 0.950. The molecular formula is C20H19N3O7S. The molecule has 1 aliphatic heterocycles. The first kappa shape index (κ1) is 22.0. The third-order valence-corrected chi connectivity index (χ3v) is 5.81. The SMILES string of the molecule is COC(=O)c1sc(NC(=O)CN2C(=O)NC(c3ccccc3)C2=O)c(C(=O)OC)c1C. The van der Waals surface area contributed by atoms with Crippen LogP contribution in [0, 0.1) is 6.92 Å². The minimum absolute atomic E-state index is 0.000567. The van der Waals surface area contributed by atoms with Gasteiger partial charge in [0.2, 0.25) is 5.91 Å². The Morgan fingerprint density at radius 1 is 1.10 bits per heavy atom. The fraction of sp³-hybridized carbons (Fsp3) is 0.250. The standard InChI is InChI=1S/C20H19N3O7S/c1-10-13(18(26)29-2)16(31-15(10)19(27)30-3)21-12(24)9-23-17(25)14(22-20(23)28)11-7-5-4-6-8-11/h4-8,14H,9H2,1-3H3,(H,21,24)(H,22,28). The number of anilines is 1. The van der Waals surface area contributed by atoms with E-state index in [1.54, 1.807) is 30.3 Å². The number of carbonyl (C=O) groups excluding carboxylic acids is 5. The summed E-state index contributed by atoms with van der Waals surface area (Å²) in [5.74, 6) is -2.72. The molecule has 1 saturated heterocycles. The lowest BCUT2D eigenvalue weighted by atomic mass is 10.1. The third kappa shape index (κ3) is 4.26. The number of methoxy groups -OCH3 is 2. The van der Waals surface area contributed by atoms with Crippen molar-refractivity contribution in [2.75, 3.05) is 26.1 Å². The third-order valence-electron chi connectivity index (χ3n) is 4.62. The number of hydrogen-bond donors (Lipinski definition) is 2. The van der Waals surface area contributed by atoms with Gasteiger partial charge < -0.3 is 20.1 Å². The molecule has 0 aliphatic carbocycles. The van der Waals surface area contributed by atoms with Crippen LogP contribution in [0.5, 0.6) is 0 Å². The lowest BCUT2D eigenvalue weighted by Crippen LogP contribution is -2.38. The lowest BCUT2D eigenvalue weighted by molar-refractivity contribution is -0.130. The van der Waals surface area contributed by atoms with Crippen LogP contribution in [0.2, 0.25) is 0 Å². The molecule has 0 bridgehead atoms. The summed E-state index contributed by atoms with van der Waals surface area (Å²) in [5.41, 5.74) is 0.882. The first-order valence-corrected chi connectivity index (χ1v) is 9.86. The van der Waals surface area contributed by atoms with Crippen LogP contribution in [0.15, 0.2) is 30.3 Å². The molecule has 2 N–H and O–H groups in total. The van der Waals surface area contributed by atoms with E-state index in [0.717, 1.165) is 16.2 Å². The van der Waals surface area contributed by atoms with Gasteiger partial charge >= 0.3 is 18.0 Å². The number of nitrogens with one attached hydrogen (secondary N) is 2. The molecule has 1 atom stereocenters. The van der Waals surface area contributed by atoms with Crippen LogP contribution in [0.25, 0.3) is 0 Å². The maximum atomic E-state index is 12.6. The van der Waals surface area contributed by atoms with Crippen molar-refractivity contribution in [3.63, 3.8) is 0 Å². The van der Waals surface area contributed by atoms with Crippen molar-refractivity contribution in [1.82, 2.24) is 10.2 Å². The number of imide groups is 1. The smallest absolute Gasteiger partial charge is 0.348 e. The van der Waals surface area contributed by atoms with Gasteiger partial charge in [-0.3, -0.25) is 14.5 Å². The van der Waals surface area contributed by atoms with Crippen molar-refractivity contribution in [3.8, 4) is 0 Å². The predicted molar refractivity (Wildman–Crippen MR) is 110 cm³/mol. The molecule has 4 amide bonds. The Labute approximate surface area is 181 Å². The van der Waals surface area contributed by atoms with Crippen LogP contribution in [-0.2, 0) is 19.1 Å². The number of rotatable bonds is 6. The van der Waals surface area contributed by atoms with E-state index in [4.69, 9.17) is 9.47 Å². The molecule has 0 spiro atoms. The van der Waals surface area contributed by atoms with Gasteiger partial charge in [0.05, 0.1) is 19.8 Å². The van der Waals surface area contributed by atoms with E-state index in [0.29, 0.717) is 5.56 Å². The summed E-state index contributed by atoms with van der Waals surface area (Å²) in [4.78, 5) is 62.5. The summed E-state index contributed by atoms with van der Waals surface area (Å²) < 4.78 is 9.43. The number of carbonyl (C=O) groups is 5. The number of hydrogen-bond acceptors (Lipinski definition) is 8. The Morgan fingerprint density at radius 3 is 2.35 bits per heavy atom. The minimum atomic E-state index is -0.887. The number of urea groups is 1. The molecule has 1 aromatic carbocycles. The van der Waals surface area contributed by atoms with E-state index in [2.05, 4.69) is 10.6 Å². The highest BCUT2D eigenvalue weighted by molar-refractivity contribution is 7.18. The van der Waals surface area contributed by atoms with Crippen molar-refractivity contribution >= 4 is 46.1 Å². The summed E-state index contributed by atoms with van der Waals surface area (Å²) >= 11 is 0.836. The van der Waals surface area contributed by atoms with E-state index < -0.39 is 42.4 Å². The Bertz CT molecular complexity index is 1060. The van der Waals surface area contributed by atoms with Crippen molar-refractivity contribution < 1.29 is 33.4 Å². The zero-order chi connectivity index (χ0) is 22.7. The normalized spacial score (nSPS) is 15.5. The summed E-state index contributed by atoms with van der Waals surface area (Å²) in [6, 6.07) is 7.03. The van der Waals surface area contributed by atoms with Gasteiger partial charge in [0.25, 0.3) is 5.91 Å². The first-order chi connectivity index (χ1) is 14.8. The van der Waals surface area contributed by atoms with Crippen molar-refractivity contribution in [2.45, 2.75) is 13.0 Å². The zero-order valence-electron chi connectivity index (χ0n) is 16.9. The van der Waals surface area contributed by atoms with E-state index in [1.807, 2.05) is 0 Å². The Kier molecular flexibility index (Phi) is 6.35. The number of nitrogens with zero attached hydrogens (tertiary/aromatic N) is 1. The quantitative estimate of drug-likeness (QED) is 0.512. The largest absolute Gasteiger partial charge is 0.465 e. The first-order valence-electron chi connectivity index (χ1n) is 9.05. The van der Waals surface area contributed by atoms with E-state index in [-0.39, 0.29) is 21.0 Å². The lowest BCUT2D eigenvalue weighted by Gasteiger charge is -2.13. The van der Waals surface area contributed by atoms with Crippen LogP contribution in [0.1, 0.15) is 37.2 Å². The Morgan fingerprint density at radius 2 is 1.74 bits per heavy atom. The van der Waals surface area contributed by atoms with Crippen molar-refractivity contribution in [1.29, 1.82) is 0 Å². The van der Waals surface area contributed by atoms with E-state index in [1.165, 1.54) is 21.1 Å². The highest BCUT2D eigenvalue weighted by Crippen LogP contribution is 2.34. The number of ether oxygens (including phenoxy) is 2. The van der Waals surface area contributed by atoms with Crippen molar-refractivity contribution in [2.24, 2.45) is 0 Å². The molecule has 1 fully saturated rings. The molecule has 2 heterocycles. The summed E-state index contributed by atoms with van der Waals surface area (Å²) in [5, 5.41) is 5.08. The molecule has 3 rings (SSSR count). The van der Waals surface area contributed by atoms with Gasteiger partial charge in [-0.05, 0) is 18.1 Å². The topological polar surface area (TPSA) is 131 Å². The fourth-order valence-corrected chi connectivity index (χ4v) is 4.22. The molecular weight excluding hydrogens is 426 g/mol. The maximum Gasteiger partial charge on any atom is 0.348 e. The van der Waals surface area contributed by atoms with Crippen LogP contribution >= 0.6 is 11.3 Å². The second-order valence-electron chi connectivity index (χ2n) is 6.51. The van der Waals surface area contributed by atoms with E-state index >= 15 is 0 Å². The van der Waals surface area contributed by atoms with Gasteiger partial charge in [-0.15, -0.1) is 11.3 Å². The fourth-order valence-electron chi connectivity index (χ4n) is 3.09. The van der Waals surface area contributed by atoms with Crippen molar-refractivity contribution in [3.05, 3.63) is 51.9 Å². The second-order valence-corrected chi connectivity index (χ2v) is 7.53. The molecule has 10 nitrogen and oxygen atoms in total. The average Bonchev–Trinajstić information content (AvgIpc) is 3.24. The van der Waals surface area contributed by atoms with E-state index in [9.17, 15) is 24.0 Å². The van der Waals surface area contributed by atoms with Crippen LogP contribution in [-0.4, -0.2) is 55.4 Å². The van der Waals surface area contributed by atoms with Gasteiger partial charge in [0.15, 0.2) is 0 Å². The van der Waals surface area contributed by atoms with Gasteiger partial charge in [-0.2, -0.15) is 0 Å². The van der Waals surface area contributed by atoms with Crippen LogP contribution in [0.4, 0.5) is 9.80 Å². The molecule has 1 aliphatic rings. The molecule has 11 heteroatoms. The minimum Gasteiger partial charge on any atom is -0.465 e.